The Labute approximate surface area is 121 Å². The van der Waals surface area contributed by atoms with E-state index < -0.39 is 12.6 Å². The standard InChI is InChI=1S/C13H15ClO4S/c1-9(6-17-2)8-19-10-3-4-12(11(14)5-10)18-7-13(15)16/h3-5H,1,6-8H2,2H3,(H,15,16). The SMILES string of the molecule is C=C(COC)CSc1ccc(OCC(=O)O)c(Cl)c1. The molecule has 19 heavy (non-hydrogen) atoms. The maximum Gasteiger partial charge on any atom is 0.341 e. The molecule has 0 aromatic heterocycles. The third kappa shape index (κ3) is 6.00. The van der Waals surface area contributed by atoms with E-state index in [1.807, 2.05) is 6.07 Å². The highest BCUT2D eigenvalue weighted by Gasteiger charge is 2.06. The Balaban J connectivity index is 2.56. The molecule has 6 heteroatoms. The van der Waals surface area contributed by atoms with E-state index in [4.69, 9.17) is 26.2 Å². The van der Waals surface area contributed by atoms with Crippen molar-refractivity contribution in [1.29, 1.82) is 0 Å². The molecule has 1 N–H and O–H groups in total. The van der Waals surface area contributed by atoms with Gasteiger partial charge in [0.2, 0.25) is 0 Å². The highest BCUT2D eigenvalue weighted by molar-refractivity contribution is 7.99. The average Bonchev–Trinajstić information content (AvgIpc) is 2.35. The van der Waals surface area contributed by atoms with Crippen LogP contribution in [0, 0.1) is 0 Å². The molecule has 0 amide bonds. The van der Waals surface area contributed by atoms with Crippen LogP contribution < -0.4 is 4.74 Å². The molecule has 0 atom stereocenters. The average molecular weight is 303 g/mol. The molecule has 1 aromatic carbocycles. The maximum atomic E-state index is 10.4. The quantitative estimate of drug-likeness (QED) is 0.591. The first-order valence-electron chi connectivity index (χ1n) is 5.45. The van der Waals surface area contributed by atoms with E-state index in [0.717, 1.165) is 16.2 Å². The summed E-state index contributed by atoms with van der Waals surface area (Å²) in [6, 6.07) is 5.23. The molecule has 0 aliphatic carbocycles. The topological polar surface area (TPSA) is 55.8 Å². The van der Waals surface area contributed by atoms with E-state index in [2.05, 4.69) is 6.58 Å². The second kappa shape index (κ2) is 8.09. The van der Waals surface area contributed by atoms with Gasteiger partial charge >= 0.3 is 5.97 Å². The van der Waals surface area contributed by atoms with Gasteiger partial charge in [-0.15, -0.1) is 11.8 Å². The first kappa shape index (κ1) is 15.9. The smallest absolute Gasteiger partial charge is 0.341 e. The lowest BCUT2D eigenvalue weighted by molar-refractivity contribution is -0.139. The lowest BCUT2D eigenvalue weighted by Crippen LogP contribution is -2.09. The third-order valence-corrected chi connectivity index (χ3v) is 3.48. The fraction of sp³-hybridized carbons (Fsp3) is 0.308. The van der Waals surface area contributed by atoms with Crippen molar-refractivity contribution in [2.45, 2.75) is 4.90 Å². The Hall–Kier alpha value is -1.17. The number of thioether (sulfide) groups is 1. The van der Waals surface area contributed by atoms with Crippen LogP contribution in [-0.2, 0) is 9.53 Å². The summed E-state index contributed by atoms with van der Waals surface area (Å²) in [6.45, 7) is 4.00. The molecule has 0 fully saturated rings. The number of halogens is 1. The van der Waals surface area contributed by atoms with Crippen LogP contribution in [0.1, 0.15) is 0 Å². The monoisotopic (exact) mass is 302 g/mol. The minimum absolute atomic E-state index is 0.365. The molecule has 0 radical (unpaired) electrons. The van der Waals surface area contributed by atoms with Crippen molar-refractivity contribution in [2.75, 3.05) is 26.1 Å². The summed E-state index contributed by atoms with van der Waals surface area (Å²) >= 11 is 7.59. The molecule has 0 aliphatic rings. The molecule has 0 saturated heterocycles. The Morgan fingerprint density at radius 2 is 2.21 bits per heavy atom. The van der Waals surface area contributed by atoms with Crippen LogP contribution in [-0.4, -0.2) is 37.2 Å². The van der Waals surface area contributed by atoms with E-state index in [0.29, 0.717) is 17.4 Å². The van der Waals surface area contributed by atoms with Crippen LogP contribution in [0.15, 0.2) is 35.2 Å². The number of benzene rings is 1. The van der Waals surface area contributed by atoms with Gasteiger partial charge in [0.15, 0.2) is 6.61 Å². The van der Waals surface area contributed by atoms with Gasteiger partial charge in [-0.3, -0.25) is 0 Å². The van der Waals surface area contributed by atoms with Crippen LogP contribution in [0.3, 0.4) is 0 Å². The highest BCUT2D eigenvalue weighted by Crippen LogP contribution is 2.30. The Bertz CT molecular complexity index is 462. The lowest BCUT2D eigenvalue weighted by atomic mass is 10.3. The number of hydrogen-bond donors (Lipinski definition) is 1. The van der Waals surface area contributed by atoms with Gasteiger partial charge in [0.1, 0.15) is 5.75 Å². The van der Waals surface area contributed by atoms with E-state index >= 15 is 0 Å². The van der Waals surface area contributed by atoms with E-state index in [9.17, 15) is 4.79 Å². The summed E-state index contributed by atoms with van der Waals surface area (Å²) in [5.41, 5.74) is 0.981. The molecule has 104 valence electrons. The maximum absolute atomic E-state index is 10.4. The zero-order valence-corrected chi connectivity index (χ0v) is 12.1. The number of aliphatic carboxylic acids is 1. The van der Waals surface area contributed by atoms with Crippen molar-refractivity contribution in [3.05, 3.63) is 35.4 Å². The van der Waals surface area contributed by atoms with Gasteiger partial charge < -0.3 is 14.6 Å². The summed E-state index contributed by atoms with van der Waals surface area (Å²) < 4.78 is 10.0. The number of hydrogen-bond acceptors (Lipinski definition) is 4. The molecule has 0 heterocycles. The van der Waals surface area contributed by atoms with Gasteiger partial charge in [-0.2, -0.15) is 0 Å². The van der Waals surface area contributed by atoms with Crippen LogP contribution >= 0.6 is 23.4 Å². The summed E-state index contributed by atoms with van der Waals surface area (Å²) in [6.07, 6.45) is 0. The van der Waals surface area contributed by atoms with Crippen molar-refractivity contribution in [1.82, 2.24) is 0 Å². The number of carboxylic acid groups (broad SMARTS) is 1. The number of rotatable bonds is 8. The zero-order chi connectivity index (χ0) is 14.3. The molecule has 1 rings (SSSR count). The van der Waals surface area contributed by atoms with Crippen LogP contribution in [0.5, 0.6) is 5.75 Å². The number of carboxylic acids is 1. The molecular weight excluding hydrogens is 288 g/mol. The molecule has 0 saturated carbocycles. The van der Waals surface area contributed by atoms with Gasteiger partial charge in [-0.1, -0.05) is 18.2 Å². The summed E-state index contributed by atoms with van der Waals surface area (Å²) in [5, 5.41) is 8.91. The predicted octanol–water partition coefficient (Wildman–Crippen LogP) is 3.10. The third-order valence-electron chi connectivity index (χ3n) is 2.05. The van der Waals surface area contributed by atoms with E-state index in [1.165, 1.54) is 0 Å². The molecule has 0 bridgehead atoms. The number of ether oxygens (including phenoxy) is 2. The molecular formula is C13H15ClO4S. The number of carbonyl (C=O) groups is 1. The Kier molecular flexibility index (Phi) is 6.77. The largest absolute Gasteiger partial charge is 0.480 e. The fourth-order valence-corrected chi connectivity index (χ4v) is 2.38. The van der Waals surface area contributed by atoms with E-state index in [1.54, 1.807) is 31.0 Å². The fourth-order valence-electron chi connectivity index (χ4n) is 1.26. The Morgan fingerprint density at radius 3 is 2.79 bits per heavy atom. The predicted molar refractivity (Wildman–Crippen MR) is 76.3 cm³/mol. The van der Waals surface area contributed by atoms with Gasteiger partial charge in [0, 0.05) is 17.8 Å². The van der Waals surface area contributed by atoms with Gasteiger partial charge in [-0.25, -0.2) is 4.79 Å². The van der Waals surface area contributed by atoms with Gasteiger partial charge in [0.25, 0.3) is 0 Å². The first-order chi connectivity index (χ1) is 9.02. The second-order valence-electron chi connectivity index (χ2n) is 3.75. The van der Waals surface area contributed by atoms with Crippen molar-refractivity contribution in [2.24, 2.45) is 0 Å². The minimum atomic E-state index is -1.04. The van der Waals surface area contributed by atoms with Crippen LogP contribution in [0.4, 0.5) is 0 Å². The zero-order valence-electron chi connectivity index (χ0n) is 10.5. The van der Waals surface area contributed by atoms with Crippen molar-refractivity contribution >= 4 is 29.3 Å². The number of methoxy groups -OCH3 is 1. The minimum Gasteiger partial charge on any atom is -0.480 e. The van der Waals surface area contributed by atoms with Crippen LogP contribution in [0.2, 0.25) is 5.02 Å². The molecule has 4 nitrogen and oxygen atoms in total. The van der Waals surface area contributed by atoms with Crippen molar-refractivity contribution in [3.8, 4) is 5.75 Å². The highest BCUT2D eigenvalue weighted by atomic mass is 35.5. The molecule has 0 spiro atoms. The normalized spacial score (nSPS) is 10.2. The van der Waals surface area contributed by atoms with Gasteiger partial charge in [0.05, 0.1) is 11.6 Å². The van der Waals surface area contributed by atoms with Gasteiger partial charge in [-0.05, 0) is 23.8 Å². The Morgan fingerprint density at radius 1 is 1.47 bits per heavy atom. The molecule has 1 aromatic rings. The summed E-state index contributed by atoms with van der Waals surface area (Å²) in [4.78, 5) is 11.4. The first-order valence-corrected chi connectivity index (χ1v) is 6.82. The second-order valence-corrected chi connectivity index (χ2v) is 5.20. The van der Waals surface area contributed by atoms with E-state index in [-0.39, 0.29) is 0 Å². The van der Waals surface area contributed by atoms with Crippen molar-refractivity contribution in [3.63, 3.8) is 0 Å². The van der Waals surface area contributed by atoms with Crippen LogP contribution in [0.25, 0.3) is 0 Å². The van der Waals surface area contributed by atoms with Crippen molar-refractivity contribution < 1.29 is 19.4 Å². The summed E-state index contributed by atoms with van der Waals surface area (Å²) in [5.74, 6) is 0.0639. The summed E-state index contributed by atoms with van der Waals surface area (Å²) in [7, 11) is 1.63. The molecule has 0 unspecified atom stereocenters. The lowest BCUT2D eigenvalue weighted by Gasteiger charge is -2.08. The molecule has 0 aliphatic heterocycles.